The van der Waals surface area contributed by atoms with Gasteiger partial charge in [-0.25, -0.2) is 26.8 Å². The number of aromatic nitrogens is 8. The summed E-state index contributed by atoms with van der Waals surface area (Å²) < 4.78 is 54.8. The number of rotatable bonds is 14. The monoisotopic (exact) mass is 1070 g/mol. The van der Waals surface area contributed by atoms with Gasteiger partial charge in [0.1, 0.15) is 10.4 Å². The van der Waals surface area contributed by atoms with Gasteiger partial charge in [0.25, 0.3) is 0 Å². The molecule has 3 N–H and O–H groups in total. The largest absolute Gasteiger partial charge is 0.380 e. The Kier molecular flexibility index (Phi) is 16.7. The van der Waals surface area contributed by atoms with Gasteiger partial charge in [-0.3, -0.25) is 0 Å². The van der Waals surface area contributed by atoms with Gasteiger partial charge in [0, 0.05) is 74.8 Å². The summed E-state index contributed by atoms with van der Waals surface area (Å²) in [6, 6.07) is 27.4. The van der Waals surface area contributed by atoms with E-state index >= 15 is 0 Å². The summed E-state index contributed by atoms with van der Waals surface area (Å²) in [4.78, 5) is 11.9. The summed E-state index contributed by atoms with van der Waals surface area (Å²) in [6.45, 7) is 16.9. The van der Waals surface area contributed by atoms with Crippen molar-refractivity contribution in [2.24, 2.45) is 0 Å². The molecule has 0 bridgehead atoms. The molecule has 67 heavy (non-hydrogen) atoms. The third-order valence-corrected chi connectivity index (χ3v) is 14.8. The first kappa shape index (κ1) is 50.8. The summed E-state index contributed by atoms with van der Waals surface area (Å²) in [7, 11) is -7.34. The van der Waals surface area contributed by atoms with E-state index in [1.807, 2.05) is 59.3 Å². The molecule has 4 aromatic heterocycles. The van der Waals surface area contributed by atoms with E-state index in [4.69, 9.17) is 4.74 Å². The van der Waals surface area contributed by atoms with Crippen molar-refractivity contribution in [3.8, 4) is 33.8 Å². The zero-order valence-corrected chi connectivity index (χ0v) is 43.9. The van der Waals surface area contributed by atoms with Crippen LogP contribution in [0.3, 0.4) is 0 Å². The zero-order chi connectivity index (χ0) is 48.5. The van der Waals surface area contributed by atoms with Gasteiger partial charge in [0.2, 0.25) is 0 Å². The Morgan fingerprint density at radius 1 is 0.687 bits per heavy atom. The van der Waals surface area contributed by atoms with Crippen LogP contribution in [0.1, 0.15) is 27.7 Å². The third-order valence-electron chi connectivity index (χ3n) is 10.1. The summed E-state index contributed by atoms with van der Waals surface area (Å²) in [5, 5.41) is 26.2. The molecule has 0 fully saturated rings. The quantitative estimate of drug-likeness (QED) is 0.0528. The Morgan fingerprint density at radius 3 is 1.66 bits per heavy atom. The number of nitrogens with one attached hydrogen (secondary N) is 3. The van der Waals surface area contributed by atoms with Gasteiger partial charge in [0.05, 0.1) is 38.5 Å². The fourth-order valence-corrected chi connectivity index (χ4v) is 9.24. The van der Waals surface area contributed by atoms with Crippen molar-refractivity contribution in [2.45, 2.75) is 82.0 Å². The van der Waals surface area contributed by atoms with E-state index < -0.39 is 27.7 Å². The van der Waals surface area contributed by atoms with Crippen LogP contribution in [0.5, 0.6) is 0 Å². The maximum Gasteiger partial charge on any atom is 0.175 e. The molecule has 0 aliphatic rings. The molecule has 8 aromatic rings. The van der Waals surface area contributed by atoms with Gasteiger partial charge in [-0.15, -0.1) is 20.4 Å². The van der Waals surface area contributed by atoms with Crippen molar-refractivity contribution >= 4 is 83.5 Å². The molecule has 0 saturated heterocycles. The van der Waals surface area contributed by atoms with E-state index in [-0.39, 0.29) is 6.04 Å². The molecule has 0 amide bonds. The number of anilines is 2. The van der Waals surface area contributed by atoms with Crippen LogP contribution >= 0.6 is 22.6 Å². The molecule has 352 valence electrons. The van der Waals surface area contributed by atoms with Crippen molar-refractivity contribution < 1.29 is 21.6 Å². The Balaban J connectivity index is 0.000000178. The van der Waals surface area contributed by atoms with Crippen LogP contribution in [0.15, 0.2) is 126 Å². The first-order valence-electron chi connectivity index (χ1n) is 21.6. The zero-order valence-electron chi connectivity index (χ0n) is 39.1. The van der Waals surface area contributed by atoms with E-state index in [2.05, 4.69) is 116 Å². The smallest absolute Gasteiger partial charge is 0.175 e. The Bertz CT molecular complexity index is 3130. The summed E-state index contributed by atoms with van der Waals surface area (Å²) in [5.41, 5.74) is 7.83. The lowest BCUT2D eigenvalue weighted by Gasteiger charge is -2.15. The molecule has 8 rings (SSSR count). The number of benzene rings is 4. The normalized spacial score (nSPS) is 11.9. The maximum absolute atomic E-state index is 11.7. The number of nitrogens with zero attached hydrogens (tertiary/aromatic N) is 7. The van der Waals surface area contributed by atoms with Crippen molar-refractivity contribution in [1.29, 1.82) is 0 Å². The van der Waals surface area contributed by atoms with Crippen molar-refractivity contribution in [1.82, 2.24) is 39.9 Å². The number of fused-ring (bicyclic) bond motifs is 2. The summed E-state index contributed by atoms with van der Waals surface area (Å²) in [6.07, 6.45) is 11.3. The van der Waals surface area contributed by atoms with Gasteiger partial charge < -0.3 is 24.9 Å². The van der Waals surface area contributed by atoms with Crippen LogP contribution in [-0.2, 0) is 31.1 Å². The second-order valence-corrected chi connectivity index (χ2v) is 28.5. The van der Waals surface area contributed by atoms with E-state index in [0.29, 0.717) is 34.1 Å². The summed E-state index contributed by atoms with van der Waals surface area (Å²) in [5.74, 6) is 0.656. The molecule has 15 nitrogen and oxygen atoms in total. The predicted octanol–water partition coefficient (Wildman–Crippen LogP) is 10.2. The molecule has 4 aromatic carbocycles. The molecule has 0 spiro atoms. The molecule has 4 heterocycles. The molecule has 0 unspecified atom stereocenters. The number of halogens is 1. The number of aromatic amines is 1. The van der Waals surface area contributed by atoms with Gasteiger partial charge in [-0.2, -0.15) is 0 Å². The number of hydrogen-bond acceptors (Lipinski definition) is 13. The van der Waals surface area contributed by atoms with Gasteiger partial charge in [-0.05, 0) is 127 Å². The average Bonchev–Trinajstić information content (AvgIpc) is 4.01. The summed E-state index contributed by atoms with van der Waals surface area (Å²) >= 11 is 2.18. The molecular weight excluding hydrogens is 1020 g/mol. The van der Waals surface area contributed by atoms with E-state index in [0.717, 1.165) is 65.7 Å². The minimum absolute atomic E-state index is 0.208. The van der Waals surface area contributed by atoms with Crippen molar-refractivity contribution in [2.75, 3.05) is 29.8 Å². The standard InChI is InChI=1S/C21H21N5O2S.C18H18IN3O2S.C9H18N2OSi/c1-13(2)24-19-17-9-6-15(14-4-7-16(8-5-14)29(3,27)28)12-18(17)25-26-20(19)21-22-10-11-23-21;1-11(2)20-17-15-9-6-13(10-16(15)21-22-18(17)19)12-4-7-14(8-5-12)25(3,23)24;1-13(2,3)7-6-12-9-11-5-4-10-8-11/h4-13H,1-3H3,(H,22,23)(H,24,25);4-11H,1-3H3,(H,20,21);4-5,8H,6-7,9H2,1-3H3. The molecule has 0 aliphatic heterocycles. The third kappa shape index (κ3) is 14.2. The number of imidazole rings is 2. The minimum Gasteiger partial charge on any atom is -0.380 e. The Labute approximate surface area is 407 Å². The predicted molar refractivity (Wildman–Crippen MR) is 280 cm³/mol. The van der Waals surface area contributed by atoms with Gasteiger partial charge in [0.15, 0.2) is 31.2 Å². The second-order valence-electron chi connectivity index (χ2n) is 17.8. The number of sulfone groups is 2. The second kappa shape index (κ2) is 22.0. The number of H-pyrrole nitrogens is 1. The maximum atomic E-state index is 11.7. The van der Waals surface area contributed by atoms with E-state index in [1.54, 1.807) is 61.3 Å². The first-order valence-corrected chi connectivity index (χ1v) is 30.2. The lowest BCUT2D eigenvalue weighted by atomic mass is 10.0. The topological polar surface area (TPSA) is 200 Å². The van der Waals surface area contributed by atoms with Crippen molar-refractivity contribution in [3.63, 3.8) is 0 Å². The minimum atomic E-state index is -3.22. The fraction of sp³-hybridized carbons (Fsp3) is 0.292. The molecule has 19 heteroatoms. The highest BCUT2D eigenvalue weighted by atomic mass is 127. The SMILES string of the molecule is CC(C)Nc1c(-c2ncc[nH]2)nnc2cc(-c3ccc(S(C)(=O)=O)cc3)ccc12.CC(C)Nc1c(I)nnc2cc(-c3ccc(S(C)(=O)=O)cc3)ccc12.C[Si](C)(C)CCOCn1ccnc1. The highest BCUT2D eigenvalue weighted by Crippen LogP contribution is 2.34. The molecule has 0 saturated carbocycles. The number of hydrogen-bond donors (Lipinski definition) is 3. The van der Waals surface area contributed by atoms with Crippen LogP contribution < -0.4 is 10.6 Å². The highest BCUT2D eigenvalue weighted by molar-refractivity contribution is 14.1. The van der Waals surface area contributed by atoms with Gasteiger partial charge >= 0.3 is 0 Å². The van der Waals surface area contributed by atoms with Crippen molar-refractivity contribution in [3.05, 3.63) is 120 Å². The first-order chi connectivity index (χ1) is 31.7. The Morgan fingerprint density at radius 2 is 1.19 bits per heavy atom. The van der Waals surface area contributed by atoms with E-state index in [1.165, 1.54) is 18.6 Å². The fourth-order valence-electron chi connectivity index (χ4n) is 6.67. The number of ether oxygens (including phenoxy) is 1. The lowest BCUT2D eigenvalue weighted by Crippen LogP contribution is -2.21. The molecule has 0 radical (unpaired) electrons. The average molecular weight is 1070 g/mol. The Hall–Kier alpha value is -5.61. The van der Waals surface area contributed by atoms with Crippen LogP contribution in [0.4, 0.5) is 11.4 Å². The molecule has 0 atom stereocenters. The van der Waals surface area contributed by atoms with Crippen LogP contribution in [-0.4, -0.2) is 96.0 Å². The van der Waals surface area contributed by atoms with Crippen LogP contribution in [0.2, 0.25) is 25.7 Å². The van der Waals surface area contributed by atoms with Crippen LogP contribution in [0.25, 0.3) is 55.6 Å². The highest BCUT2D eigenvalue weighted by Gasteiger charge is 2.17. The van der Waals surface area contributed by atoms with E-state index in [9.17, 15) is 16.8 Å². The lowest BCUT2D eigenvalue weighted by molar-refractivity contribution is 0.0871. The van der Waals surface area contributed by atoms with Gasteiger partial charge in [-0.1, -0.05) is 56.0 Å². The van der Waals surface area contributed by atoms with Crippen LogP contribution in [0, 0.1) is 3.70 Å². The molecule has 0 aliphatic carbocycles. The molecular formula is C48H57IN10O5S2Si.